The van der Waals surface area contributed by atoms with Gasteiger partial charge in [-0.1, -0.05) is 17.7 Å². The number of methoxy groups -OCH3 is 1. The summed E-state index contributed by atoms with van der Waals surface area (Å²) in [5.74, 6) is -0.729. The zero-order valence-corrected chi connectivity index (χ0v) is 16.3. The van der Waals surface area contributed by atoms with Gasteiger partial charge in [-0.05, 0) is 35.9 Å². The van der Waals surface area contributed by atoms with Gasteiger partial charge in [-0.3, -0.25) is 14.9 Å². The standard InChI is InChI=1S/C19H16ClF3N2O5/c1-29-8-9-30-17-6-4-13(19(21,22)23)11-15(17)24-18(26)7-3-12-2-5-14(20)16(10-12)25(27)28/h2-7,10-11H,8-9H2,1H3,(H,24,26)/b7-3+. The zero-order valence-electron chi connectivity index (χ0n) is 15.5. The normalized spacial score (nSPS) is 11.5. The van der Waals surface area contributed by atoms with E-state index >= 15 is 0 Å². The number of hydrogen-bond acceptors (Lipinski definition) is 5. The molecule has 0 spiro atoms. The maximum atomic E-state index is 13.0. The van der Waals surface area contributed by atoms with E-state index in [0.29, 0.717) is 5.56 Å². The molecule has 7 nitrogen and oxygen atoms in total. The third kappa shape index (κ3) is 6.46. The maximum absolute atomic E-state index is 13.0. The van der Waals surface area contributed by atoms with Crippen LogP contribution in [-0.2, 0) is 15.7 Å². The van der Waals surface area contributed by atoms with Gasteiger partial charge in [0.05, 0.1) is 22.8 Å². The number of alkyl halides is 3. The number of ether oxygens (including phenoxy) is 2. The van der Waals surface area contributed by atoms with Crippen LogP contribution in [0.1, 0.15) is 11.1 Å². The van der Waals surface area contributed by atoms with Gasteiger partial charge in [0, 0.05) is 19.3 Å². The Hall–Kier alpha value is -3.11. The number of nitro benzene ring substituents is 1. The highest BCUT2D eigenvalue weighted by Gasteiger charge is 2.31. The van der Waals surface area contributed by atoms with Crippen molar-refractivity contribution in [3.05, 3.63) is 68.7 Å². The van der Waals surface area contributed by atoms with Crippen molar-refractivity contribution in [1.82, 2.24) is 0 Å². The third-order valence-electron chi connectivity index (χ3n) is 3.70. The van der Waals surface area contributed by atoms with Crippen LogP contribution in [-0.4, -0.2) is 31.2 Å². The Bertz CT molecular complexity index is 964. The molecule has 0 atom stereocenters. The molecule has 0 saturated carbocycles. The van der Waals surface area contributed by atoms with Crippen molar-refractivity contribution >= 4 is 35.0 Å². The first-order chi connectivity index (χ1) is 14.1. The number of amides is 1. The van der Waals surface area contributed by atoms with E-state index < -0.39 is 22.6 Å². The number of anilines is 1. The van der Waals surface area contributed by atoms with Crippen molar-refractivity contribution in [2.45, 2.75) is 6.18 Å². The van der Waals surface area contributed by atoms with Crippen molar-refractivity contribution in [1.29, 1.82) is 0 Å². The molecule has 0 saturated heterocycles. The Morgan fingerprint density at radius 2 is 1.97 bits per heavy atom. The Morgan fingerprint density at radius 3 is 2.60 bits per heavy atom. The van der Waals surface area contributed by atoms with E-state index in [-0.39, 0.29) is 35.4 Å². The summed E-state index contributed by atoms with van der Waals surface area (Å²) in [6.45, 7) is 0.263. The average Bonchev–Trinajstić information content (AvgIpc) is 2.67. The van der Waals surface area contributed by atoms with Gasteiger partial charge in [0.2, 0.25) is 5.91 Å². The van der Waals surface area contributed by atoms with Gasteiger partial charge in [-0.15, -0.1) is 0 Å². The quantitative estimate of drug-likeness (QED) is 0.269. The number of hydrogen-bond donors (Lipinski definition) is 1. The Balaban J connectivity index is 2.22. The molecule has 0 fully saturated rings. The van der Waals surface area contributed by atoms with Crippen LogP contribution >= 0.6 is 11.6 Å². The second-order valence-electron chi connectivity index (χ2n) is 5.84. The van der Waals surface area contributed by atoms with Crippen LogP contribution in [0.3, 0.4) is 0 Å². The summed E-state index contributed by atoms with van der Waals surface area (Å²) in [4.78, 5) is 22.4. The van der Waals surface area contributed by atoms with Crippen LogP contribution in [0, 0.1) is 10.1 Å². The van der Waals surface area contributed by atoms with Crippen molar-refractivity contribution in [3.63, 3.8) is 0 Å². The number of nitro groups is 1. The summed E-state index contributed by atoms with van der Waals surface area (Å²) in [6.07, 6.45) is -2.33. The predicted octanol–water partition coefficient (Wildman–Crippen LogP) is 4.94. The van der Waals surface area contributed by atoms with Crippen LogP contribution in [0.25, 0.3) is 6.08 Å². The van der Waals surface area contributed by atoms with Gasteiger partial charge < -0.3 is 14.8 Å². The van der Waals surface area contributed by atoms with Crippen molar-refractivity contribution in [3.8, 4) is 5.75 Å². The number of nitrogens with one attached hydrogen (secondary N) is 1. The molecule has 0 aliphatic carbocycles. The van der Waals surface area contributed by atoms with Gasteiger partial charge >= 0.3 is 6.18 Å². The van der Waals surface area contributed by atoms with Gasteiger partial charge in [-0.2, -0.15) is 13.2 Å². The fraction of sp³-hybridized carbons (Fsp3) is 0.211. The number of nitrogens with zero attached hydrogens (tertiary/aromatic N) is 1. The third-order valence-corrected chi connectivity index (χ3v) is 4.02. The lowest BCUT2D eigenvalue weighted by molar-refractivity contribution is -0.384. The largest absolute Gasteiger partial charge is 0.489 e. The lowest BCUT2D eigenvalue weighted by Gasteiger charge is -2.14. The van der Waals surface area contributed by atoms with Crippen LogP contribution < -0.4 is 10.1 Å². The molecule has 2 aromatic rings. The first-order valence-corrected chi connectivity index (χ1v) is 8.75. The zero-order chi connectivity index (χ0) is 22.3. The molecule has 0 unspecified atom stereocenters. The highest BCUT2D eigenvalue weighted by molar-refractivity contribution is 6.32. The second kappa shape index (κ2) is 10.1. The topological polar surface area (TPSA) is 90.7 Å². The van der Waals surface area contributed by atoms with E-state index in [1.165, 1.54) is 25.3 Å². The number of carbonyl (C=O) groups excluding carboxylic acids is 1. The maximum Gasteiger partial charge on any atom is 0.416 e. The van der Waals surface area contributed by atoms with Crippen LogP contribution in [0.5, 0.6) is 5.75 Å². The predicted molar refractivity (Wildman–Crippen MR) is 105 cm³/mol. The van der Waals surface area contributed by atoms with E-state index in [9.17, 15) is 28.1 Å². The second-order valence-corrected chi connectivity index (χ2v) is 6.25. The summed E-state index contributed by atoms with van der Waals surface area (Å²) in [5.41, 5.74) is -1.18. The van der Waals surface area contributed by atoms with Crippen LogP contribution in [0.4, 0.5) is 24.5 Å². The molecule has 0 aliphatic heterocycles. The lowest BCUT2D eigenvalue weighted by Crippen LogP contribution is -2.13. The molecule has 30 heavy (non-hydrogen) atoms. The summed E-state index contributed by atoms with van der Waals surface area (Å²) in [5, 5.41) is 13.2. The number of halogens is 4. The van der Waals surface area contributed by atoms with Crippen molar-refractivity contribution in [2.24, 2.45) is 0 Å². The number of rotatable bonds is 8. The fourth-order valence-electron chi connectivity index (χ4n) is 2.28. The molecule has 160 valence electrons. The number of benzene rings is 2. The van der Waals surface area contributed by atoms with Crippen molar-refractivity contribution < 1.29 is 32.4 Å². The molecule has 2 aromatic carbocycles. The summed E-state index contributed by atoms with van der Waals surface area (Å²) in [7, 11) is 1.44. The molecule has 1 N–H and O–H groups in total. The molecule has 0 heterocycles. The molecule has 2 rings (SSSR count). The summed E-state index contributed by atoms with van der Waals surface area (Å²) < 4.78 is 49.2. The minimum absolute atomic E-state index is 0.0314. The van der Waals surface area contributed by atoms with Crippen molar-refractivity contribution in [2.75, 3.05) is 25.6 Å². The molecule has 11 heteroatoms. The molecular weight excluding hydrogens is 429 g/mol. The smallest absolute Gasteiger partial charge is 0.416 e. The summed E-state index contributed by atoms with van der Waals surface area (Å²) in [6, 6.07) is 6.59. The molecule has 0 radical (unpaired) electrons. The van der Waals surface area contributed by atoms with E-state index in [1.54, 1.807) is 0 Å². The monoisotopic (exact) mass is 444 g/mol. The Labute approximate surface area is 174 Å². The van der Waals surface area contributed by atoms with Crippen LogP contribution in [0.2, 0.25) is 5.02 Å². The first kappa shape index (κ1) is 23.2. The minimum atomic E-state index is -4.61. The summed E-state index contributed by atoms with van der Waals surface area (Å²) >= 11 is 5.72. The minimum Gasteiger partial charge on any atom is -0.489 e. The highest BCUT2D eigenvalue weighted by Crippen LogP contribution is 2.35. The molecule has 0 bridgehead atoms. The van der Waals surface area contributed by atoms with E-state index in [2.05, 4.69) is 5.32 Å². The number of carbonyl (C=O) groups is 1. The average molecular weight is 445 g/mol. The Morgan fingerprint density at radius 1 is 1.23 bits per heavy atom. The SMILES string of the molecule is COCCOc1ccc(C(F)(F)F)cc1NC(=O)/C=C/c1ccc(Cl)c([N+](=O)[O-])c1. The Kier molecular flexibility index (Phi) is 7.79. The molecule has 0 aromatic heterocycles. The van der Waals surface area contributed by atoms with Gasteiger partial charge in [-0.25, -0.2) is 0 Å². The van der Waals surface area contributed by atoms with Gasteiger partial charge in [0.15, 0.2) is 0 Å². The van der Waals surface area contributed by atoms with Gasteiger partial charge in [0.25, 0.3) is 5.69 Å². The van der Waals surface area contributed by atoms with Crippen LogP contribution in [0.15, 0.2) is 42.5 Å². The molecular formula is C19H16ClF3N2O5. The molecule has 0 aliphatic rings. The molecule has 1 amide bonds. The lowest BCUT2D eigenvalue weighted by atomic mass is 10.1. The first-order valence-electron chi connectivity index (χ1n) is 8.38. The highest BCUT2D eigenvalue weighted by atomic mass is 35.5. The van der Waals surface area contributed by atoms with E-state index in [1.807, 2.05) is 0 Å². The fourth-order valence-corrected chi connectivity index (χ4v) is 2.47. The van der Waals surface area contributed by atoms with Gasteiger partial charge in [0.1, 0.15) is 17.4 Å². The van der Waals surface area contributed by atoms with E-state index in [0.717, 1.165) is 30.3 Å². The van der Waals surface area contributed by atoms with E-state index in [4.69, 9.17) is 21.1 Å².